The van der Waals surface area contributed by atoms with Crippen molar-refractivity contribution < 1.29 is 5.11 Å². The van der Waals surface area contributed by atoms with Gasteiger partial charge in [0.2, 0.25) is 5.95 Å². The Kier molecular flexibility index (Phi) is 8.35. The van der Waals surface area contributed by atoms with Gasteiger partial charge in [0.15, 0.2) is 5.16 Å². The molecular weight excluding hydrogens is 356 g/mol. The fourth-order valence-electron chi connectivity index (χ4n) is 2.80. The molecule has 2 rings (SSSR count). The second-order valence-electron chi connectivity index (χ2n) is 7.81. The van der Waals surface area contributed by atoms with E-state index < -0.39 is 0 Å². The van der Waals surface area contributed by atoms with Crippen LogP contribution in [0.25, 0.3) is 0 Å². The summed E-state index contributed by atoms with van der Waals surface area (Å²) in [4.78, 5) is 13.0. The van der Waals surface area contributed by atoms with Crippen molar-refractivity contribution in [3.8, 4) is 5.75 Å². The van der Waals surface area contributed by atoms with Gasteiger partial charge in [-0.15, -0.1) is 0 Å². The van der Waals surface area contributed by atoms with Gasteiger partial charge in [0.1, 0.15) is 12.1 Å². The van der Waals surface area contributed by atoms with E-state index in [4.69, 9.17) is 0 Å². The standard InChI is InChI=1S/C21H32N4OS/c1-5-6-7-8-9-10-13-27-20-23-15-22-19(25-20)24-16-11-12-18(26)17(14-16)21(2,3)4/h11-12,14-15,26H,5-10,13H2,1-4H3,(H,22,23,24,25). The Bertz CT molecular complexity index is 716. The third-order valence-electron chi connectivity index (χ3n) is 4.34. The molecule has 1 aromatic heterocycles. The maximum Gasteiger partial charge on any atom is 0.231 e. The molecule has 5 nitrogen and oxygen atoms in total. The lowest BCUT2D eigenvalue weighted by molar-refractivity contribution is 0.447. The van der Waals surface area contributed by atoms with Gasteiger partial charge in [-0.3, -0.25) is 0 Å². The Labute approximate surface area is 167 Å². The number of aromatic hydroxyl groups is 1. The minimum atomic E-state index is -0.140. The number of phenols is 1. The zero-order valence-corrected chi connectivity index (χ0v) is 17.8. The Morgan fingerprint density at radius 2 is 1.78 bits per heavy atom. The van der Waals surface area contributed by atoms with Gasteiger partial charge in [-0.2, -0.15) is 4.98 Å². The fraction of sp³-hybridized carbons (Fsp3) is 0.571. The molecule has 0 spiro atoms. The molecule has 0 amide bonds. The highest BCUT2D eigenvalue weighted by Crippen LogP contribution is 2.33. The molecule has 0 bridgehead atoms. The summed E-state index contributed by atoms with van der Waals surface area (Å²) in [6.45, 7) is 8.47. The van der Waals surface area contributed by atoms with Crippen LogP contribution in [0.15, 0.2) is 29.7 Å². The normalized spacial score (nSPS) is 11.6. The second-order valence-corrected chi connectivity index (χ2v) is 8.88. The molecule has 27 heavy (non-hydrogen) atoms. The number of nitrogens with zero attached hydrogens (tertiary/aromatic N) is 3. The lowest BCUT2D eigenvalue weighted by Gasteiger charge is -2.21. The van der Waals surface area contributed by atoms with E-state index in [9.17, 15) is 5.11 Å². The van der Waals surface area contributed by atoms with Crippen LogP contribution < -0.4 is 5.32 Å². The number of thioether (sulfide) groups is 1. The quantitative estimate of drug-likeness (QED) is 0.292. The maximum absolute atomic E-state index is 10.1. The lowest BCUT2D eigenvalue weighted by Crippen LogP contribution is -2.11. The van der Waals surface area contributed by atoms with Crippen LogP contribution in [0.4, 0.5) is 11.6 Å². The SMILES string of the molecule is CCCCCCCCSc1ncnc(Nc2ccc(O)c(C(C)(C)C)c2)n1. The molecular formula is C21H32N4OS. The van der Waals surface area contributed by atoms with Crippen LogP contribution in [0.1, 0.15) is 71.8 Å². The predicted molar refractivity (Wildman–Crippen MR) is 114 cm³/mol. The second kappa shape index (κ2) is 10.5. The van der Waals surface area contributed by atoms with Gasteiger partial charge in [-0.05, 0) is 30.0 Å². The van der Waals surface area contributed by atoms with E-state index in [0.29, 0.717) is 11.7 Å². The Balaban J connectivity index is 1.90. The highest BCUT2D eigenvalue weighted by Gasteiger charge is 2.18. The van der Waals surface area contributed by atoms with Crippen LogP contribution in [-0.2, 0) is 5.41 Å². The molecule has 1 heterocycles. The fourth-order valence-corrected chi connectivity index (χ4v) is 3.60. The smallest absolute Gasteiger partial charge is 0.231 e. The molecule has 0 radical (unpaired) electrons. The van der Waals surface area contributed by atoms with Crippen molar-refractivity contribution in [1.29, 1.82) is 0 Å². The molecule has 0 aliphatic carbocycles. The van der Waals surface area contributed by atoms with Crippen molar-refractivity contribution in [3.63, 3.8) is 0 Å². The van der Waals surface area contributed by atoms with Crippen molar-refractivity contribution in [1.82, 2.24) is 15.0 Å². The van der Waals surface area contributed by atoms with Crippen LogP contribution in [0.5, 0.6) is 5.75 Å². The van der Waals surface area contributed by atoms with Crippen molar-refractivity contribution in [3.05, 3.63) is 30.1 Å². The lowest BCUT2D eigenvalue weighted by atomic mass is 9.86. The monoisotopic (exact) mass is 388 g/mol. The molecule has 0 aliphatic rings. The van der Waals surface area contributed by atoms with Crippen LogP contribution in [0.3, 0.4) is 0 Å². The number of aromatic nitrogens is 3. The first kappa shape index (κ1) is 21.5. The summed E-state index contributed by atoms with van der Waals surface area (Å²) in [6.07, 6.45) is 9.28. The van der Waals surface area contributed by atoms with E-state index in [1.165, 1.54) is 38.5 Å². The minimum Gasteiger partial charge on any atom is -0.508 e. The third kappa shape index (κ3) is 7.37. The van der Waals surface area contributed by atoms with Gasteiger partial charge in [0, 0.05) is 17.0 Å². The summed E-state index contributed by atoms with van der Waals surface area (Å²) in [5.74, 6) is 1.86. The number of hydrogen-bond acceptors (Lipinski definition) is 6. The van der Waals surface area contributed by atoms with Crippen LogP contribution in [0, 0.1) is 0 Å². The molecule has 0 saturated heterocycles. The molecule has 0 aliphatic heterocycles. The number of phenolic OH excluding ortho intramolecular Hbond substituents is 1. The molecule has 0 atom stereocenters. The van der Waals surface area contributed by atoms with Crippen molar-refractivity contribution >= 4 is 23.4 Å². The Hall–Kier alpha value is -1.82. The topological polar surface area (TPSA) is 70.9 Å². The maximum atomic E-state index is 10.1. The minimum absolute atomic E-state index is 0.140. The largest absolute Gasteiger partial charge is 0.508 e. The van der Waals surface area contributed by atoms with Gasteiger partial charge in [0.25, 0.3) is 0 Å². The van der Waals surface area contributed by atoms with Crippen molar-refractivity contribution in [2.24, 2.45) is 0 Å². The van der Waals surface area contributed by atoms with E-state index in [0.717, 1.165) is 22.2 Å². The van der Waals surface area contributed by atoms with Crippen molar-refractivity contribution in [2.45, 2.75) is 76.8 Å². The van der Waals surface area contributed by atoms with E-state index in [2.05, 4.69) is 48.0 Å². The number of hydrogen-bond donors (Lipinski definition) is 2. The molecule has 2 N–H and O–H groups in total. The average Bonchev–Trinajstić information content (AvgIpc) is 2.62. The highest BCUT2D eigenvalue weighted by atomic mass is 32.2. The third-order valence-corrected chi connectivity index (χ3v) is 5.29. The summed E-state index contributed by atoms with van der Waals surface area (Å²) >= 11 is 1.68. The van der Waals surface area contributed by atoms with Gasteiger partial charge in [-0.1, -0.05) is 71.6 Å². The molecule has 0 fully saturated rings. The number of anilines is 2. The van der Waals surface area contributed by atoms with Gasteiger partial charge in [0.05, 0.1) is 0 Å². The number of rotatable bonds is 10. The number of unbranched alkanes of at least 4 members (excludes halogenated alkanes) is 5. The van der Waals surface area contributed by atoms with Crippen LogP contribution in [-0.4, -0.2) is 25.8 Å². The molecule has 148 valence electrons. The molecule has 1 aromatic carbocycles. The summed E-state index contributed by atoms with van der Waals surface area (Å²) in [7, 11) is 0. The summed E-state index contributed by atoms with van der Waals surface area (Å²) in [6, 6.07) is 5.48. The van der Waals surface area contributed by atoms with Gasteiger partial charge >= 0.3 is 0 Å². The summed E-state index contributed by atoms with van der Waals surface area (Å²) in [5.41, 5.74) is 1.61. The van der Waals surface area contributed by atoms with E-state index >= 15 is 0 Å². The predicted octanol–water partition coefficient (Wildman–Crippen LogP) is 6.07. The number of benzene rings is 1. The van der Waals surface area contributed by atoms with E-state index in [1.54, 1.807) is 24.2 Å². The zero-order valence-electron chi connectivity index (χ0n) is 17.0. The Morgan fingerprint density at radius 1 is 1.04 bits per heavy atom. The van der Waals surface area contributed by atoms with Crippen molar-refractivity contribution in [2.75, 3.05) is 11.1 Å². The summed E-state index contributed by atoms with van der Waals surface area (Å²) in [5, 5.41) is 14.1. The zero-order chi connectivity index (χ0) is 19.7. The number of nitrogens with one attached hydrogen (secondary N) is 1. The molecule has 6 heteroatoms. The van der Waals surface area contributed by atoms with Crippen LogP contribution >= 0.6 is 11.8 Å². The molecule has 2 aromatic rings. The molecule has 0 saturated carbocycles. The highest BCUT2D eigenvalue weighted by molar-refractivity contribution is 7.99. The van der Waals surface area contributed by atoms with E-state index in [-0.39, 0.29) is 5.41 Å². The Morgan fingerprint density at radius 3 is 2.52 bits per heavy atom. The van der Waals surface area contributed by atoms with Gasteiger partial charge in [-0.25, -0.2) is 9.97 Å². The molecule has 0 unspecified atom stereocenters. The van der Waals surface area contributed by atoms with Crippen LogP contribution in [0.2, 0.25) is 0 Å². The van der Waals surface area contributed by atoms with E-state index in [1.807, 2.05) is 12.1 Å². The van der Waals surface area contributed by atoms with Gasteiger partial charge < -0.3 is 10.4 Å². The summed E-state index contributed by atoms with van der Waals surface area (Å²) < 4.78 is 0. The first-order chi connectivity index (χ1) is 12.9. The first-order valence-electron chi connectivity index (χ1n) is 9.82. The average molecular weight is 389 g/mol. The first-order valence-corrected chi connectivity index (χ1v) is 10.8.